The first kappa shape index (κ1) is 23.9. The van der Waals surface area contributed by atoms with Crippen molar-refractivity contribution in [1.29, 1.82) is 0 Å². The van der Waals surface area contributed by atoms with E-state index in [-0.39, 0.29) is 24.0 Å². The Morgan fingerprint density at radius 3 is 2.23 bits per heavy atom. The Morgan fingerprint density at radius 1 is 0.962 bits per heavy atom. The molecule has 0 atom stereocenters. The molecule has 0 bridgehead atoms. The van der Waals surface area contributed by atoms with E-state index in [0.717, 1.165) is 12.5 Å². The summed E-state index contributed by atoms with van der Waals surface area (Å²) in [4.78, 5) is 12.0. The maximum Gasteiger partial charge on any atom is 0.191 e. The quantitative estimate of drug-likeness (QED) is 0.240. The summed E-state index contributed by atoms with van der Waals surface area (Å²) in [5.41, 5.74) is 0. The van der Waals surface area contributed by atoms with E-state index in [1.807, 2.05) is 7.05 Å². The molecule has 7 heteroatoms. The number of halogens is 1. The Bertz CT molecular complexity index is 376. The topological polar surface area (TPSA) is 46.1 Å². The Labute approximate surface area is 178 Å². The number of nitrogens with zero attached hydrogens (tertiary/aromatic N) is 4. The molecule has 2 aliphatic heterocycles. The molecule has 0 saturated carbocycles. The molecule has 2 heterocycles. The van der Waals surface area contributed by atoms with Gasteiger partial charge < -0.3 is 25.3 Å². The molecule has 0 unspecified atom stereocenters. The van der Waals surface area contributed by atoms with E-state index in [2.05, 4.69) is 44.3 Å². The number of nitrogens with one attached hydrogen (secondary N) is 2. The van der Waals surface area contributed by atoms with Crippen molar-refractivity contribution >= 4 is 29.9 Å². The number of hydrogen-bond donors (Lipinski definition) is 2. The lowest BCUT2D eigenvalue weighted by Crippen LogP contribution is -2.49. The summed E-state index contributed by atoms with van der Waals surface area (Å²) in [6, 6.07) is 0.574. The lowest BCUT2D eigenvalue weighted by molar-refractivity contribution is 0.152. The predicted octanol–water partition coefficient (Wildman–Crippen LogP) is 1.67. The molecule has 2 aliphatic rings. The van der Waals surface area contributed by atoms with Crippen LogP contribution < -0.4 is 10.6 Å². The van der Waals surface area contributed by atoms with Gasteiger partial charge in [0.15, 0.2) is 5.96 Å². The average Bonchev–Trinajstić information content (AvgIpc) is 2.63. The monoisotopic (exact) mass is 480 g/mol. The van der Waals surface area contributed by atoms with Crippen LogP contribution in [0.4, 0.5) is 0 Å². The molecule has 0 aromatic carbocycles. The van der Waals surface area contributed by atoms with Crippen LogP contribution in [0, 0.1) is 0 Å². The van der Waals surface area contributed by atoms with Crippen LogP contribution in [0.2, 0.25) is 0 Å². The molecule has 0 aliphatic carbocycles. The number of unbranched alkanes of at least 4 members (excludes halogenated alkanes) is 1. The van der Waals surface area contributed by atoms with Crippen LogP contribution in [0.3, 0.4) is 0 Å². The van der Waals surface area contributed by atoms with Gasteiger partial charge in [-0.05, 0) is 52.2 Å². The number of aliphatic imine (C=N–C) groups is 1. The number of guanidine groups is 1. The normalized spacial score (nSPS) is 21.4. The third kappa shape index (κ3) is 9.19. The molecule has 2 N–H and O–H groups in total. The van der Waals surface area contributed by atoms with Gasteiger partial charge in [-0.1, -0.05) is 6.92 Å². The summed E-state index contributed by atoms with van der Waals surface area (Å²) in [5, 5.41) is 7.11. The van der Waals surface area contributed by atoms with Gasteiger partial charge in [-0.25, -0.2) is 0 Å². The Kier molecular flexibility index (Phi) is 12.8. The van der Waals surface area contributed by atoms with Crippen LogP contribution in [-0.4, -0.2) is 99.7 Å². The first-order valence-corrected chi connectivity index (χ1v) is 10.3. The number of hydrogen-bond acceptors (Lipinski definition) is 4. The number of likely N-dealkylation sites (tertiary alicyclic amines) is 1. The van der Waals surface area contributed by atoms with E-state index < -0.39 is 0 Å². The second-order valence-electron chi connectivity index (χ2n) is 7.61. The van der Waals surface area contributed by atoms with Gasteiger partial charge in [0.2, 0.25) is 0 Å². The number of rotatable bonds is 8. The Morgan fingerprint density at radius 2 is 1.62 bits per heavy atom. The third-order valence-corrected chi connectivity index (χ3v) is 5.48. The molecule has 154 valence electrons. The molecule has 0 spiro atoms. The van der Waals surface area contributed by atoms with E-state index in [1.54, 1.807) is 0 Å². The largest absolute Gasteiger partial charge is 0.356 e. The molecule has 2 fully saturated rings. The van der Waals surface area contributed by atoms with Crippen LogP contribution >= 0.6 is 24.0 Å². The van der Waals surface area contributed by atoms with Gasteiger partial charge in [0.05, 0.1) is 0 Å². The highest BCUT2D eigenvalue weighted by molar-refractivity contribution is 14.0. The number of piperidine rings is 1. The molecule has 0 aromatic rings. The molecular formula is C19H41IN6. The van der Waals surface area contributed by atoms with Gasteiger partial charge in [-0.2, -0.15) is 0 Å². The highest BCUT2D eigenvalue weighted by Gasteiger charge is 2.19. The van der Waals surface area contributed by atoms with Crippen LogP contribution in [-0.2, 0) is 0 Å². The van der Waals surface area contributed by atoms with Crippen molar-refractivity contribution in [3.63, 3.8) is 0 Å². The molecule has 2 saturated heterocycles. The second kappa shape index (κ2) is 14.0. The zero-order valence-corrected chi connectivity index (χ0v) is 19.5. The maximum atomic E-state index is 4.40. The van der Waals surface area contributed by atoms with Crippen molar-refractivity contribution in [2.45, 2.75) is 45.1 Å². The van der Waals surface area contributed by atoms with E-state index in [0.29, 0.717) is 6.04 Å². The van der Waals surface area contributed by atoms with Gasteiger partial charge >= 0.3 is 0 Å². The minimum atomic E-state index is 0. The van der Waals surface area contributed by atoms with Crippen LogP contribution in [0.1, 0.15) is 39.0 Å². The summed E-state index contributed by atoms with van der Waals surface area (Å²) in [6.45, 7) is 13.1. The summed E-state index contributed by atoms with van der Waals surface area (Å²) in [5.74, 6) is 0.980. The van der Waals surface area contributed by atoms with Gasteiger partial charge in [-0.3, -0.25) is 4.99 Å². The first-order chi connectivity index (χ1) is 12.2. The predicted molar refractivity (Wildman–Crippen MR) is 123 cm³/mol. The highest BCUT2D eigenvalue weighted by Crippen LogP contribution is 2.10. The minimum Gasteiger partial charge on any atom is -0.356 e. The fraction of sp³-hybridized carbons (Fsp3) is 0.947. The summed E-state index contributed by atoms with van der Waals surface area (Å²) >= 11 is 0. The van der Waals surface area contributed by atoms with Crippen molar-refractivity contribution < 1.29 is 0 Å². The van der Waals surface area contributed by atoms with Crippen molar-refractivity contribution in [3.8, 4) is 0 Å². The molecule has 6 nitrogen and oxygen atoms in total. The van der Waals surface area contributed by atoms with Gasteiger partial charge in [-0.15, -0.1) is 24.0 Å². The first-order valence-electron chi connectivity index (χ1n) is 10.3. The van der Waals surface area contributed by atoms with Crippen molar-refractivity contribution in [2.24, 2.45) is 4.99 Å². The number of piperazine rings is 1. The fourth-order valence-corrected chi connectivity index (χ4v) is 3.74. The molecular weight excluding hydrogens is 439 g/mol. The van der Waals surface area contributed by atoms with E-state index >= 15 is 0 Å². The smallest absolute Gasteiger partial charge is 0.191 e. The van der Waals surface area contributed by atoms with Crippen LogP contribution in [0.15, 0.2) is 4.99 Å². The molecule has 2 rings (SSSR count). The standard InChI is InChI=1S/C19H40N6.HI/c1-4-10-24-12-7-18(8-13-24)22-19(20-2)21-9-5-6-11-25-16-14-23(3)15-17-25;/h18H,4-17H2,1-3H3,(H2,20,21,22);1H. The lowest BCUT2D eigenvalue weighted by Gasteiger charge is -2.33. The summed E-state index contributed by atoms with van der Waals surface area (Å²) in [6.07, 6.45) is 6.19. The van der Waals surface area contributed by atoms with Crippen molar-refractivity contribution in [2.75, 3.05) is 73.0 Å². The van der Waals surface area contributed by atoms with E-state index in [1.165, 1.54) is 84.5 Å². The zero-order chi connectivity index (χ0) is 17.9. The molecule has 0 amide bonds. The molecule has 26 heavy (non-hydrogen) atoms. The van der Waals surface area contributed by atoms with Crippen molar-refractivity contribution in [3.05, 3.63) is 0 Å². The van der Waals surface area contributed by atoms with Gasteiger partial charge in [0, 0.05) is 58.9 Å². The van der Waals surface area contributed by atoms with E-state index in [4.69, 9.17) is 0 Å². The summed E-state index contributed by atoms with van der Waals surface area (Å²) < 4.78 is 0. The Hall–Kier alpha value is -0.120. The van der Waals surface area contributed by atoms with Crippen LogP contribution in [0.5, 0.6) is 0 Å². The second-order valence-corrected chi connectivity index (χ2v) is 7.61. The molecule has 0 aromatic heterocycles. The highest BCUT2D eigenvalue weighted by atomic mass is 127. The fourth-order valence-electron chi connectivity index (χ4n) is 3.74. The van der Waals surface area contributed by atoms with Gasteiger partial charge in [0.25, 0.3) is 0 Å². The third-order valence-electron chi connectivity index (χ3n) is 5.48. The SMILES string of the molecule is CCCN1CCC(NC(=NC)NCCCCN2CCN(C)CC2)CC1.I. The zero-order valence-electron chi connectivity index (χ0n) is 17.2. The minimum absolute atomic E-state index is 0. The summed E-state index contributed by atoms with van der Waals surface area (Å²) in [7, 11) is 4.10. The average molecular weight is 480 g/mol. The lowest BCUT2D eigenvalue weighted by atomic mass is 10.1. The van der Waals surface area contributed by atoms with Crippen LogP contribution in [0.25, 0.3) is 0 Å². The number of likely N-dealkylation sites (N-methyl/N-ethyl adjacent to an activating group) is 1. The molecule has 0 radical (unpaired) electrons. The maximum absolute atomic E-state index is 4.40. The van der Waals surface area contributed by atoms with Gasteiger partial charge in [0.1, 0.15) is 0 Å². The van der Waals surface area contributed by atoms with Crippen molar-refractivity contribution in [1.82, 2.24) is 25.3 Å². The van der Waals surface area contributed by atoms with E-state index in [9.17, 15) is 0 Å². The Balaban J connectivity index is 0.00000338.